The molecule has 0 aromatic carbocycles. The van der Waals surface area contributed by atoms with Gasteiger partial charge in [-0.3, -0.25) is 9.79 Å². The summed E-state index contributed by atoms with van der Waals surface area (Å²) in [5, 5.41) is 8.79. The zero-order chi connectivity index (χ0) is 19.6. The predicted octanol–water partition coefficient (Wildman–Crippen LogP) is 6.21. The van der Waals surface area contributed by atoms with E-state index in [4.69, 9.17) is 5.11 Å². The van der Waals surface area contributed by atoms with Gasteiger partial charge in [0.2, 0.25) is 0 Å². The highest BCUT2D eigenvalue weighted by Crippen LogP contribution is 2.13. The van der Waals surface area contributed by atoms with Gasteiger partial charge in [0.1, 0.15) is 5.84 Å². The first-order valence-electron chi connectivity index (χ1n) is 11.4. The van der Waals surface area contributed by atoms with E-state index in [-0.39, 0.29) is 6.42 Å². The van der Waals surface area contributed by atoms with Crippen LogP contribution in [-0.2, 0) is 4.79 Å². The summed E-state index contributed by atoms with van der Waals surface area (Å²) in [4.78, 5) is 17.2. The third-order valence-corrected chi connectivity index (χ3v) is 5.30. The lowest BCUT2D eigenvalue weighted by Gasteiger charge is -2.16. The third-order valence-electron chi connectivity index (χ3n) is 5.30. The van der Waals surface area contributed by atoms with Crippen LogP contribution in [0, 0.1) is 0 Å². The van der Waals surface area contributed by atoms with Crippen molar-refractivity contribution in [3.05, 3.63) is 12.2 Å². The predicted molar refractivity (Wildman–Crippen MR) is 116 cm³/mol. The number of carbonyl (C=O) groups is 1. The number of unbranched alkanes of at least 4 members (excludes halogenated alkanes) is 13. The zero-order valence-electron chi connectivity index (χ0n) is 17.6. The minimum Gasteiger partial charge on any atom is -0.481 e. The normalized spacial score (nSPS) is 14.3. The van der Waals surface area contributed by atoms with Crippen molar-refractivity contribution in [3.8, 4) is 0 Å². The molecular formula is C23H42N2O2. The summed E-state index contributed by atoms with van der Waals surface area (Å²) in [7, 11) is 0. The Hall–Kier alpha value is -1.32. The Balaban J connectivity index is 1.88. The van der Waals surface area contributed by atoms with Gasteiger partial charge in [0.15, 0.2) is 0 Å². The molecule has 0 saturated heterocycles. The van der Waals surface area contributed by atoms with E-state index in [9.17, 15) is 4.79 Å². The van der Waals surface area contributed by atoms with Crippen molar-refractivity contribution in [1.29, 1.82) is 0 Å². The molecule has 0 bridgehead atoms. The Morgan fingerprint density at radius 1 is 0.963 bits per heavy atom. The number of hydrogen-bond donors (Lipinski definition) is 1. The van der Waals surface area contributed by atoms with Crippen LogP contribution in [0.2, 0.25) is 0 Å². The summed E-state index contributed by atoms with van der Waals surface area (Å²) in [6.07, 6.45) is 23.6. The fourth-order valence-corrected chi connectivity index (χ4v) is 3.58. The summed E-state index contributed by atoms with van der Waals surface area (Å²) in [6, 6.07) is 0. The van der Waals surface area contributed by atoms with Crippen molar-refractivity contribution in [1.82, 2.24) is 4.90 Å². The van der Waals surface area contributed by atoms with Crippen molar-refractivity contribution in [3.63, 3.8) is 0 Å². The molecule has 156 valence electrons. The van der Waals surface area contributed by atoms with Crippen molar-refractivity contribution < 1.29 is 9.90 Å². The van der Waals surface area contributed by atoms with Crippen LogP contribution in [0.1, 0.15) is 103 Å². The quantitative estimate of drug-likeness (QED) is 0.288. The minimum atomic E-state index is -0.739. The fourth-order valence-electron chi connectivity index (χ4n) is 3.58. The average molecular weight is 379 g/mol. The van der Waals surface area contributed by atoms with Crippen LogP contribution in [0.25, 0.3) is 0 Å². The van der Waals surface area contributed by atoms with Gasteiger partial charge in [-0.25, -0.2) is 0 Å². The van der Waals surface area contributed by atoms with Crippen LogP contribution in [0.5, 0.6) is 0 Å². The van der Waals surface area contributed by atoms with E-state index >= 15 is 0 Å². The second kappa shape index (κ2) is 16.8. The first-order valence-corrected chi connectivity index (χ1v) is 11.4. The van der Waals surface area contributed by atoms with Gasteiger partial charge in [0.25, 0.3) is 0 Å². The summed E-state index contributed by atoms with van der Waals surface area (Å²) in [6.45, 7) is 4.49. The van der Waals surface area contributed by atoms with Crippen LogP contribution in [-0.4, -0.2) is 41.4 Å². The molecule has 0 fully saturated rings. The number of aliphatic imine (C=N–C) groups is 1. The van der Waals surface area contributed by atoms with Crippen LogP contribution in [0.3, 0.4) is 0 Å². The topological polar surface area (TPSA) is 52.9 Å². The number of hydrogen-bond acceptors (Lipinski definition) is 3. The molecule has 0 atom stereocenters. The fraction of sp³-hybridized carbons (Fsp3) is 0.826. The number of allylic oxidation sites excluding steroid dienone is 1. The maximum atomic E-state index is 10.7. The molecule has 1 heterocycles. The van der Waals surface area contributed by atoms with Gasteiger partial charge in [0, 0.05) is 13.1 Å². The molecule has 0 aromatic rings. The molecule has 0 spiro atoms. The molecule has 0 aromatic heterocycles. The number of carboxylic acid groups (broad SMARTS) is 1. The first-order chi connectivity index (χ1) is 13.2. The summed E-state index contributed by atoms with van der Waals surface area (Å²) in [5.41, 5.74) is 0. The van der Waals surface area contributed by atoms with Gasteiger partial charge in [-0.1, -0.05) is 90.0 Å². The molecule has 27 heavy (non-hydrogen) atoms. The maximum absolute atomic E-state index is 10.7. The van der Waals surface area contributed by atoms with Gasteiger partial charge in [-0.2, -0.15) is 0 Å². The molecule has 0 aliphatic carbocycles. The molecule has 4 nitrogen and oxygen atoms in total. The van der Waals surface area contributed by atoms with E-state index in [0.29, 0.717) is 6.54 Å². The maximum Gasteiger partial charge on any atom is 0.305 e. The molecule has 4 heteroatoms. The summed E-state index contributed by atoms with van der Waals surface area (Å²) < 4.78 is 0. The highest BCUT2D eigenvalue weighted by atomic mass is 16.4. The van der Waals surface area contributed by atoms with Crippen molar-refractivity contribution in [2.75, 3.05) is 19.6 Å². The largest absolute Gasteiger partial charge is 0.481 e. The van der Waals surface area contributed by atoms with Crippen molar-refractivity contribution in [2.45, 2.75) is 103 Å². The standard InChI is InChI=1S/C23H42N2O2/c1-2-3-4-5-6-7-8-9-10-11-12-13-14-15-16-17-22-24-19-21-25(22)20-18-23(26)27/h16-17H,2-15,18-21H2,1H3,(H,26,27). The number of nitrogens with zero attached hydrogens (tertiary/aromatic N) is 2. The van der Waals surface area contributed by atoms with E-state index in [1.165, 1.54) is 83.5 Å². The molecule has 1 rings (SSSR count). The lowest BCUT2D eigenvalue weighted by molar-refractivity contribution is -0.137. The molecule has 0 amide bonds. The Labute approximate surface area is 167 Å². The molecule has 1 aliphatic heterocycles. The van der Waals surface area contributed by atoms with E-state index in [0.717, 1.165) is 25.3 Å². The summed E-state index contributed by atoms with van der Waals surface area (Å²) in [5.74, 6) is 0.225. The van der Waals surface area contributed by atoms with Crippen molar-refractivity contribution in [2.24, 2.45) is 4.99 Å². The lowest BCUT2D eigenvalue weighted by atomic mass is 10.0. The van der Waals surface area contributed by atoms with Crippen LogP contribution >= 0.6 is 0 Å². The third kappa shape index (κ3) is 13.5. The SMILES string of the molecule is CCCCCCCCCCCCCCCC=CC1=NCCN1CCC(=O)O. The Morgan fingerprint density at radius 3 is 2.07 bits per heavy atom. The van der Waals surface area contributed by atoms with Gasteiger partial charge in [0.05, 0.1) is 13.0 Å². The van der Waals surface area contributed by atoms with E-state index in [1.54, 1.807) is 0 Å². The smallest absolute Gasteiger partial charge is 0.305 e. The first kappa shape index (κ1) is 23.7. The molecule has 1 N–H and O–H groups in total. The van der Waals surface area contributed by atoms with Gasteiger partial charge in [-0.05, 0) is 18.9 Å². The highest BCUT2D eigenvalue weighted by molar-refractivity contribution is 5.94. The van der Waals surface area contributed by atoms with Crippen LogP contribution in [0.4, 0.5) is 0 Å². The van der Waals surface area contributed by atoms with E-state index in [1.807, 2.05) is 0 Å². The number of carboxylic acids is 1. The van der Waals surface area contributed by atoms with Crippen LogP contribution in [0.15, 0.2) is 17.1 Å². The minimum absolute atomic E-state index is 0.186. The molecule has 0 radical (unpaired) electrons. The number of aliphatic carboxylic acids is 1. The van der Waals surface area contributed by atoms with Gasteiger partial charge >= 0.3 is 5.97 Å². The van der Waals surface area contributed by atoms with Gasteiger partial charge in [-0.15, -0.1) is 0 Å². The van der Waals surface area contributed by atoms with Gasteiger partial charge < -0.3 is 10.0 Å². The van der Waals surface area contributed by atoms with Crippen molar-refractivity contribution >= 4 is 11.8 Å². The highest BCUT2D eigenvalue weighted by Gasteiger charge is 2.14. The molecule has 0 unspecified atom stereocenters. The average Bonchev–Trinajstić information content (AvgIpc) is 3.10. The summed E-state index contributed by atoms with van der Waals surface area (Å²) >= 11 is 0. The lowest BCUT2D eigenvalue weighted by Crippen LogP contribution is -2.28. The second-order valence-corrected chi connectivity index (χ2v) is 7.80. The monoisotopic (exact) mass is 378 g/mol. The number of rotatable bonds is 18. The Morgan fingerprint density at radius 2 is 1.52 bits per heavy atom. The van der Waals surface area contributed by atoms with E-state index < -0.39 is 5.97 Å². The second-order valence-electron chi connectivity index (χ2n) is 7.80. The number of amidine groups is 1. The van der Waals surface area contributed by atoms with E-state index in [2.05, 4.69) is 29.0 Å². The molecule has 1 aliphatic rings. The molecular weight excluding hydrogens is 336 g/mol. The Kier molecular flexibility index (Phi) is 14.8. The Bertz CT molecular complexity index is 432. The zero-order valence-corrected chi connectivity index (χ0v) is 17.6. The molecule has 0 saturated carbocycles. The van der Waals surface area contributed by atoms with Crippen LogP contribution < -0.4 is 0 Å².